The van der Waals surface area contributed by atoms with E-state index in [1.54, 1.807) is 25.7 Å². The van der Waals surface area contributed by atoms with Crippen molar-refractivity contribution in [2.24, 2.45) is 5.92 Å². The molecule has 27 heavy (non-hydrogen) atoms. The molecule has 0 radical (unpaired) electrons. The summed E-state index contributed by atoms with van der Waals surface area (Å²) in [5, 5.41) is 0.685. The topological polar surface area (TPSA) is 68.2 Å². The van der Waals surface area contributed by atoms with E-state index in [0.717, 1.165) is 35.9 Å². The van der Waals surface area contributed by atoms with Crippen molar-refractivity contribution in [3.63, 3.8) is 0 Å². The van der Waals surface area contributed by atoms with Crippen molar-refractivity contribution >= 4 is 32.7 Å². The Balaban J connectivity index is 1.69. The molecule has 0 aliphatic heterocycles. The molecule has 140 valence electrons. The van der Waals surface area contributed by atoms with Crippen molar-refractivity contribution in [2.75, 3.05) is 12.0 Å². The Morgan fingerprint density at radius 2 is 2.15 bits per heavy atom. The number of aromatic nitrogens is 3. The van der Waals surface area contributed by atoms with Gasteiger partial charge in [0.15, 0.2) is 10.8 Å². The number of methoxy groups -OCH3 is 1. The van der Waals surface area contributed by atoms with Gasteiger partial charge in [-0.2, -0.15) is 4.98 Å². The van der Waals surface area contributed by atoms with Crippen LogP contribution in [0.2, 0.25) is 0 Å². The van der Waals surface area contributed by atoms with E-state index in [9.17, 15) is 4.79 Å². The zero-order valence-corrected chi connectivity index (χ0v) is 16.1. The van der Waals surface area contributed by atoms with Gasteiger partial charge in [-0.25, -0.2) is 4.98 Å². The van der Waals surface area contributed by atoms with Gasteiger partial charge in [-0.3, -0.25) is 14.7 Å². The van der Waals surface area contributed by atoms with E-state index in [0.29, 0.717) is 23.1 Å². The number of amides is 1. The standard InChI is InChI=1S/C20H22N4O2S/c1-26-16-10-17-18(22-12-16)23-20(27-17)24(13-14-6-5-9-21-11-14)19(25)15-7-3-2-4-8-15/h5-6,9-12,15H,2-4,7-8,13H2,1H3. The minimum atomic E-state index is 0.0740. The minimum Gasteiger partial charge on any atom is -0.495 e. The van der Waals surface area contributed by atoms with Crippen LogP contribution in [0.1, 0.15) is 37.7 Å². The molecule has 0 N–H and O–H groups in total. The monoisotopic (exact) mass is 382 g/mol. The molecule has 0 bridgehead atoms. The highest BCUT2D eigenvalue weighted by Gasteiger charge is 2.29. The normalized spacial score (nSPS) is 15.0. The summed E-state index contributed by atoms with van der Waals surface area (Å²) in [4.78, 5) is 28.3. The number of nitrogens with zero attached hydrogens (tertiary/aromatic N) is 4. The SMILES string of the molecule is COc1cnc2nc(N(Cc3cccnc3)C(=O)C3CCCCC3)sc2c1. The quantitative estimate of drug-likeness (QED) is 0.661. The maximum Gasteiger partial charge on any atom is 0.232 e. The second-order valence-corrected chi connectivity index (χ2v) is 7.82. The zero-order chi connectivity index (χ0) is 18.6. The Morgan fingerprint density at radius 1 is 1.30 bits per heavy atom. The maximum atomic E-state index is 13.3. The third kappa shape index (κ3) is 3.93. The van der Waals surface area contributed by atoms with Crippen LogP contribution in [-0.2, 0) is 11.3 Å². The summed E-state index contributed by atoms with van der Waals surface area (Å²) in [5.74, 6) is 0.921. The number of carbonyl (C=O) groups excluding carboxylic acids is 1. The van der Waals surface area contributed by atoms with E-state index in [4.69, 9.17) is 4.74 Å². The molecule has 0 unspecified atom stereocenters. The number of fused-ring (bicyclic) bond motifs is 1. The molecule has 4 rings (SSSR count). The minimum absolute atomic E-state index is 0.0740. The summed E-state index contributed by atoms with van der Waals surface area (Å²) in [7, 11) is 1.62. The number of anilines is 1. The van der Waals surface area contributed by atoms with Crippen molar-refractivity contribution in [3.05, 3.63) is 42.4 Å². The van der Waals surface area contributed by atoms with Crippen LogP contribution in [0, 0.1) is 5.92 Å². The van der Waals surface area contributed by atoms with Crippen LogP contribution < -0.4 is 9.64 Å². The molecule has 0 saturated heterocycles. The first-order valence-corrected chi connectivity index (χ1v) is 10.1. The lowest BCUT2D eigenvalue weighted by Crippen LogP contribution is -2.36. The van der Waals surface area contributed by atoms with E-state index in [2.05, 4.69) is 15.0 Å². The van der Waals surface area contributed by atoms with Gasteiger partial charge in [-0.15, -0.1) is 0 Å². The van der Waals surface area contributed by atoms with Crippen LogP contribution >= 0.6 is 11.3 Å². The van der Waals surface area contributed by atoms with E-state index in [-0.39, 0.29) is 11.8 Å². The van der Waals surface area contributed by atoms with E-state index < -0.39 is 0 Å². The molecular formula is C20H22N4O2S. The predicted molar refractivity (Wildman–Crippen MR) is 106 cm³/mol. The Morgan fingerprint density at radius 3 is 2.89 bits per heavy atom. The summed E-state index contributed by atoms with van der Waals surface area (Å²) >= 11 is 1.48. The molecule has 7 heteroatoms. The highest BCUT2D eigenvalue weighted by molar-refractivity contribution is 7.22. The fraction of sp³-hybridized carbons (Fsp3) is 0.400. The van der Waals surface area contributed by atoms with Gasteiger partial charge in [-0.05, 0) is 24.5 Å². The molecule has 1 amide bonds. The summed E-state index contributed by atoms with van der Waals surface area (Å²) in [6, 6.07) is 5.79. The average Bonchev–Trinajstić information content (AvgIpc) is 3.15. The largest absolute Gasteiger partial charge is 0.495 e. The first-order valence-electron chi connectivity index (χ1n) is 9.25. The molecule has 6 nitrogen and oxygen atoms in total. The molecule has 3 aromatic rings. The number of ether oxygens (including phenoxy) is 1. The molecular weight excluding hydrogens is 360 g/mol. The number of pyridine rings is 2. The van der Waals surface area contributed by atoms with Gasteiger partial charge in [0.05, 0.1) is 24.6 Å². The zero-order valence-electron chi connectivity index (χ0n) is 15.3. The highest BCUT2D eigenvalue weighted by Crippen LogP contribution is 2.34. The fourth-order valence-electron chi connectivity index (χ4n) is 3.50. The fourth-order valence-corrected chi connectivity index (χ4v) is 4.46. The van der Waals surface area contributed by atoms with Crippen LogP contribution in [0.5, 0.6) is 5.75 Å². The highest BCUT2D eigenvalue weighted by atomic mass is 32.1. The predicted octanol–water partition coefficient (Wildman–Crippen LogP) is 4.21. The van der Waals surface area contributed by atoms with Crippen LogP contribution in [0.15, 0.2) is 36.8 Å². The second kappa shape index (κ2) is 8.00. The lowest BCUT2D eigenvalue weighted by atomic mass is 9.88. The smallest absolute Gasteiger partial charge is 0.232 e. The Bertz CT molecular complexity index is 922. The lowest BCUT2D eigenvalue weighted by Gasteiger charge is -2.27. The lowest BCUT2D eigenvalue weighted by molar-refractivity contribution is -0.123. The number of thiazole rings is 1. The van der Waals surface area contributed by atoms with Gasteiger partial charge in [0.25, 0.3) is 0 Å². The van der Waals surface area contributed by atoms with Gasteiger partial charge in [-0.1, -0.05) is 36.7 Å². The Kier molecular flexibility index (Phi) is 5.29. The van der Waals surface area contributed by atoms with Crippen LogP contribution in [0.4, 0.5) is 5.13 Å². The molecule has 3 heterocycles. The number of rotatable bonds is 5. The molecule has 1 fully saturated rings. The third-order valence-electron chi connectivity index (χ3n) is 4.96. The number of carbonyl (C=O) groups is 1. The molecule has 0 aromatic carbocycles. The van der Waals surface area contributed by atoms with Crippen molar-refractivity contribution < 1.29 is 9.53 Å². The molecule has 1 aliphatic rings. The molecule has 3 aromatic heterocycles. The van der Waals surface area contributed by atoms with Crippen molar-refractivity contribution in [3.8, 4) is 5.75 Å². The Hall–Kier alpha value is -2.54. The van der Waals surface area contributed by atoms with Crippen molar-refractivity contribution in [2.45, 2.75) is 38.6 Å². The second-order valence-electron chi connectivity index (χ2n) is 6.81. The number of hydrogen-bond donors (Lipinski definition) is 0. The summed E-state index contributed by atoms with van der Waals surface area (Å²) in [6.45, 7) is 0.472. The first-order chi connectivity index (χ1) is 13.2. The van der Waals surface area contributed by atoms with E-state index >= 15 is 0 Å². The first kappa shape index (κ1) is 17.9. The third-order valence-corrected chi connectivity index (χ3v) is 5.98. The Labute approximate surface area is 162 Å². The summed E-state index contributed by atoms with van der Waals surface area (Å²) in [5.41, 5.74) is 1.63. The van der Waals surface area contributed by atoms with E-state index in [1.807, 2.05) is 23.1 Å². The molecule has 1 aliphatic carbocycles. The van der Waals surface area contributed by atoms with Gasteiger partial charge < -0.3 is 4.74 Å². The van der Waals surface area contributed by atoms with Gasteiger partial charge in [0.1, 0.15) is 5.75 Å². The molecule has 1 saturated carbocycles. The summed E-state index contributed by atoms with van der Waals surface area (Å²) in [6.07, 6.45) is 10.6. The van der Waals surface area contributed by atoms with Gasteiger partial charge >= 0.3 is 0 Å². The maximum absolute atomic E-state index is 13.3. The number of hydrogen-bond acceptors (Lipinski definition) is 6. The summed E-state index contributed by atoms with van der Waals surface area (Å²) < 4.78 is 6.17. The van der Waals surface area contributed by atoms with Crippen molar-refractivity contribution in [1.29, 1.82) is 0 Å². The van der Waals surface area contributed by atoms with Crippen molar-refractivity contribution in [1.82, 2.24) is 15.0 Å². The van der Waals surface area contributed by atoms with Gasteiger partial charge in [0, 0.05) is 24.4 Å². The molecule has 0 spiro atoms. The van der Waals surface area contributed by atoms with Gasteiger partial charge in [0.2, 0.25) is 5.91 Å². The van der Waals surface area contributed by atoms with Crippen LogP contribution in [0.3, 0.4) is 0 Å². The van der Waals surface area contributed by atoms with Crippen LogP contribution in [0.25, 0.3) is 10.3 Å². The van der Waals surface area contributed by atoms with E-state index in [1.165, 1.54) is 17.8 Å². The molecule has 0 atom stereocenters. The van der Waals surface area contributed by atoms with Crippen LogP contribution in [-0.4, -0.2) is 28.0 Å². The average molecular weight is 382 g/mol.